The van der Waals surface area contributed by atoms with Gasteiger partial charge >= 0.3 is 0 Å². The fourth-order valence-corrected chi connectivity index (χ4v) is 0.985. The third-order valence-corrected chi connectivity index (χ3v) is 1.68. The quantitative estimate of drug-likeness (QED) is 0.463. The Balaban J connectivity index is 2.15. The average molecular weight is 112 g/mol. The number of nitrogens with zero attached hydrogens (tertiary/aromatic N) is 1. The molecule has 0 amide bonds. The molecule has 44 valence electrons. The molecular weight excluding hydrogens is 104 g/mol. The Labute approximate surface area is 47.7 Å². The zero-order valence-electron chi connectivity index (χ0n) is 4.50. The van der Waals surface area contributed by atoms with Gasteiger partial charge in [-0.3, -0.25) is 0 Å². The molecule has 2 rings (SSSR count). The van der Waals surface area contributed by atoms with Crippen molar-refractivity contribution in [1.29, 1.82) is 0 Å². The second kappa shape index (κ2) is 1.00. The van der Waals surface area contributed by atoms with E-state index in [1.165, 1.54) is 0 Å². The van der Waals surface area contributed by atoms with Gasteiger partial charge in [-0.15, -0.1) is 0 Å². The molecule has 0 radical (unpaired) electrons. The minimum Gasteiger partial charge on any atom is -0.471 e. The molecule has 0 spiro atoms. The highest BCUT2D eigenvalue weighted by Crippen LogP contribution is 2.37. The fourth-order valence-electron chi connectivity index (χ4n) is 0.985. The third kappa shape index (κ3) is 0.293. The van der Waals surface area contributed by atoms with Crippen LogP contribution in [0.1, 0.15) is 0 Å². The predicted molar refractivity (Wildman–Crippen MR) is 28.7 cm³/mol. The monoisotopic (exact) mass is 112 g/mol. The molecule has 2 N–H and O–H groups in total. The average Bonchev–Trinajstić information content (AvgIpc) is 2.38. The van der Waals surface area contributed by atoms with Gasteiger partial charge in [0, 0.05) is 6.20 Å². The molecule has 1 unspecified atom stereocenters. The maximum absolute atomic E-state index is 5.40. The van der Waals surface area contributed by atoms with E-state index in [4.69, 9.17) is 10.5 Å². The van der Waals surface area contributed by atoms with E-state index in [1.807, 2.05) is 6.20 Å². The lowest BCUT2D eigenvalue weighted by Crippen LogP contribution is -2.26. The van der Waals surface area contributed by atoms with Gasteiger partial charge in [-0.2, -0.15) is 0 Å². The summed E-state index contributed by atoms with van der Waals surface area (Å²) in [5, 5.41) is 0. The van der Waals surface area contributed by atoms with Gasteiger partial charge in [0.2, 0.25) is 5.72 Å². The summed E-state index contributed by atoms with van der Waals surface area (Å²) in [4.78, 5) is 2.08. The van der Waals surface area contributed by atoms with Crippen LogP contribution in [0, 0.1) is 0 Å². The summed E-state index contributed by atoms with van der Waals surface area (Å²) in [7, 11) is 0. The largest absolute Gasteiger partial charge is 0.471 e. The van der Waals surface area contributed by atoms with Crippen molar-refractivity contribution in [3.8, 4) is 0 Å². The van der Waals surface area contributed by atoms with E-state index >= 15 is 0 Å². The first-order valence-electron chi connectivity index (χ1n) is 2.69. The first kappa shape index (κ1) is 4.21. The van der Waals surface area contributed by atoms with Crippen molar-refractivity contribution in [2.24, 2.45) is 5.73 Å². The third-order valence-electron chi connectivity index (χ3n) is 1.68. The molecule has 1 atom stereocenters. The summed E-state index contributed by atoms with van der Waals surface area (Å²) in [6.45, 7) is 1.57. The summed E-state index contributed by atoms with van der Waals surface area (Å²) < 4.78 is 5.18. The predicted octanol–water partition coefficient (Wildman–Crippen LogP) is -0.542. The lowest BCUT2D eigenvalue weighted by atomic mass is 10.4. The Bertz CT molecular complexity index is 145. The minimum absolute atomic E-state index is 0.0972. The van der Waals surface area contributed by atoms with Crippen LogP contribution in [-0.2, 0) is 4.74 Å². The highest BCUT2D eigenvalue weighted by molar-refractivity contribution is 5.11. The standard InChI is InChI=1S/C5H8N2O/c6-3-5-4-7(5)1-2-8-5/h1-2H,3-4,6H2. The molecule has 0 aliphatic carbocycles. The number of hydrogen-bond acceptors (Lipinski definition) is 3. The van der Waals surface area contributed by atoms with Gasteiger partial charge in [0.15, 0.2) is 0 Å². The summed E-state index contributed by atoms with van der Waals surface area (Å²) in [6.07, 6.45) is 3.61. The van der Waals surface area contributed by atoms with Crippen LogP contribution in [-0.4, -0.2) is 23.7 Å². The van der Waals surface area contributed by atoms with E-state index in [0.717, 1.165) is 6.54 Å². The number of nitrogens with two attached hydrogens (primary N) is 1. The zero-order valence-corrected chi connectivity index (χ0v) is 4.50. The van der Waals surface area contributed by atoms with Gasteiger partial charge in [-0.1, -0.05) is 0 Å². The second-order valence-corrected chi connectivity index (χ2v) is 2.18. The smallest absolute Gasteiger partial charge is 0.212 e. The first-order valence-corrected chi connectivity index (χ1v) is 2.69. The Morgan fingerprint density at radius 3 is 3.00 bits per heavy atom. The van der Waals surface area contributed by atoms with Crippen molar-refractivity contribution < 1.29 is 4.74 Å². The van der Waals surface area contributed by atoms with Crippen molar-refractivity contribution in [2.75, 3.05) is 13.1 Å². The maximum Gasteiger partial charge on any atom is 0.212 e. The fraction of sp³-hybridized carbons (Fsp3) is 0.600. The molecule has 0 saturated carbocycles. The van der Waals surface area contributed by atoms with Crippen LogP contribution in [0.2, 0.25) is 0 Å². The van der Waals surface area contributed by atoms with E-state index in [-0.39, 0.29) is 5.72 Å². The van der Waals surface area contributed by atoms with Crippen LogP contribution in [0.25, 0.3) is 0 Å². The van der Waals surface area contributed by atoms with E-state index in [0.29, 0.717) is 6.54 Å². The lowest BCUT2D eigenvalue weighted by molar-refractivity contribution is 0.116. The Morgan fingerprint density at radius 2 is 2.75 bits per heavy atom. The summed E-state index contributed by atoms with van der Waals surface area (Å²) in [5.41, 5.74) is 5.31. The Hall–Kier alpha value is -0.700. The molecule has 0 aromatic carbocycles. The maximum atomic E-state index is 5.40. The highest BCUT2D eigenvalue weighted by Gasteiger charge is 2.54. The summed E-state index contributed by atoms with van der Waals surface area (Å²) >= 11 is 0. The molecule has 3 heteroatoms. The minimum atomic E-state index is -0.0972. The van der Waals surface area contributed by atoms with Crippen molar-refractivity contribution in [2.45, 2.75) is 5.72 Å². The van der Waals surface area contributed by atoms with Crippen LogP contribution in [0.15, 0.2) is 12.5 Å². The summed E-state index contributed by atoms with van der Waals surface area (Å²) in [5.74, 6) is 0. The second-order valence-electron chi connectivity index (χ2n) is 2.18. The SMILES string of the molecule is NCC12CN1C=CO2. The molecule has 2 heterocycles. The van der Waals surface area contributed by atoms with Crippen molar-refractivity contribution in [3.05, 3.63) is 12.5 Å². The van der Waals surface area contributed by atoms with Gasteiger partial charge in [0.1, 0.15) is 6.26 Å². The Morgan fingerprint density at radius 1 is 1.88 bits per heavy atom. The van der Waals surface area contributed by atoms with E-state index in [9.17, 15) is 0 Å². The van der Waals surface area contributed by atoms with Crippen LogP contribution in [0.4, 0.5) is 0 Å². The van der Waals surface area contributed by atoms with E-state index < -0.39 is 0 Å². The van der Waals surface area contributed by atoms with Crippen LogP contribution < -0.4 is 5.73 Å². The molecule has 8 heavy (non-hydrogen) atoms. The van der Waals surface area contributed by atoms with Gasteiger partial charge in [-0.05, 0) is 0 Å². The molecule has 2 aliphatic heterocycles. The number of rotatable bonds is 1. The van der Waals surface area contributed by atoms with Crippen molar-refractivity contribution in [1.82, 2.24) is 4.90 Å². The first-order chi connectivity index (χ1) is 3.87. The molecule has 1 fully saturated rings. The van der Waals surface area contributed by atoms with Crippen LogP contribution >= 0.6 is 0 Å². The van der Waals surface area contributed by atoms with Crippen LogP contribution in [0.5, 0.6) is 0 Å². The van der Waals surface area contributed by atoms with Crippen molar-refractivity contribution in [3.63, 3.8) is 0 Å². The summed E-state index contributed by atoms with van der Waals surface area (Å²) in [6, 6.07) is 0. The number of hydrogen-bond donors (Lipinski definition) is 1. The highest BCUT2D eigenvalue weighted by atomic mass is 16.5. The normalized spacial score (nSPS) is 39.4. The number of fused-ring (bicyclic) bond motifs is 1. The van der Waals surface area contributed by atoms with Gasteiger partial charge in [0.05, 0.1) is 13.1 Å². The molecule has 0 bridgehead atoms. The molecule has 3 nitrogen and oxygen atoms in total. The Kier molecular flexibility index (Phi) is 0.526. The zero-order chi connectivity index (χ0) is 5.61. The van der Waals surface area contributed by atoms with E-state index in [2.05, 4.69) is 4.90 Å². The lowest BCUT2D eigenvalue weighted by Gasteiger charge is -2.05. The van der Waals surface area contributed by atoms with Gasteiger partial charge in [-0.25, -0.2) is 0 Å². The molecule has 0 aromatic rings. The van der Waals surface area contributed by atoms with Gasteiger partial charge in [0.25, 0.3) is 0 Å². The topological polar surface area (TPSA) is 38.3 Å². The molecular formula is C5H8N2O. The molecule has 2 aliphatic rings. The van der Waals surface area contributed by atoms with Crippen molar-refractivity contribution >= 4 is 0 Å². The number of ether oxygens (including phenoxy) is 1. The molecule has 1 saturated heterocycles. The van der Waals surface area contributed by atoms with Crippen LogP contribution in [0.3, 0.4) is 0 Å². The van der Waals surface area contributed by atoms with Gasteiger partial charge < -0.3 is 15.4 Å². The molecule has 0 aromatic heterocycles. The van der Waals surface area contributed by atoms with E-state index in [1.54, 1.807) is 6.26 Å².